The van der Waals surface area contributed by atoms with Crippen LogP contribution < -0.4 is 5.32 Å². The van der Waals surface area contributed by atoms with E-state index in [9.17, 15) is 0 Å². The highest BCUT2D eigenvalue weighted by Gasteiger charge is 1.96. The minimum atomic E-state index is 0.392. The fraction of sp³-hybridized carbons (Fsp3) is 0.111. The van der Waals surface area contributed by atoms with Crippen molar-refractivity contribution in [1.29, 1.82) is 0 Å². The van der Waals surface area contributed by atoms with Crippen LogP contribution in [0.15, 0.2) is 34.7 Å². The standard InChI is InChI=1S/C9H8N3O/c1-2-4-8(5-3-1)6-10-9-12-11-7-13-9/h1-5H,6H2,(H,10,12). The van der Waals surface area contributed by atoms with Crippen molar-refractivity contribution in [2.24, 2.45) is 0 Å². The molecule has 0 bridgehead atoms. The summed E-state index contributed by atoms with van der Waals surface area (Å²) in [6.07, 6.45) is 2.27. The number of hydrogen-bond donors (Lipinski definition) is 1. The number of aromatic nitrogens is 2. The van der Waals surface area contributed by atoms with Crippen LogP contribution in [0.5, 0.6) is 0 Å². The maximum Gasteiger partial charge on any atom is 0.316 e. The van der Waals surface area contributed by atoms with Gasteiger partial charge < -0.3 is 9.73 Å². The second-order valence-electron chi connectivity index (χ2n) is 2.54. The van der Waals surface area contributed by atoms with Gasteiger partial charge in [-0.25, -0.2) is 0 Å². The van der Waals surface area contributed by atoms with Crippen molar-refractivity contribution in [2.45, 2.75) is 6.54 Å². The molecule has 0 spiro atoms. The maximum absolute atomic E-state index is 4.80. The minimum absolute atomic E-state index is 0.392. The normalized spacial score (nSPS) is 9.85. The Hall–Kier alpha value is -1.84. The van der Waals surface area contributed by atoms with Crippen molar-refractivity contribution >= 4 is 6.01 Å². The first-order valence-electron chi connectivity index (χ1n) is 3.92. The quantitative estimate of drug-likeness (QED) is 0.765. The van der Waals surface area contributed by atoms with Crippen molar-refractivity contribution in [3.8, 4) is 0 Å². The third-order valence-corrected chi connectivity index (χ3v) is 1.61. The molecule has 4 nitrogen and oxygen atoms in total. The first-order chi connectivity index (χ1) is 6.45. The van der Waals surface area contributed by atoms with E-state index >= 15 is 0 Å². The van der Waals surface area contributed by atoms with E-state index in [1.807, 2.05) is 30.3 Å². The van der Waals surface area contributed by atoms with Gasteiger partial charge in [-0.2, -0.15) is 0 Å². The molecule has 2 rings (SSSR count). The average Bonchev–Trinajstić information content (AvgIpc) is 2.69. The molecule has 0 saturated heterocycles. The number of anilines is 1. The van der Waals surface area contributed by atoms with Crippen LogP contribution in [0, 0.1) is 6.39 Å². The number of hydrogen-bond acceptors (Lipinski definition) is 4. The van der Waals surface area contributed by atoms with Crippen LogP contribution in [0.25, 0.3) is 0 Å². The fourth-order valence-corrected chi connectivity index (χ4v) is 0.995. The number of nitrogens with zero attached hydrogens (tertiary/aromatic N) is 2. The molecule has 0 saturated carbocycles. The Morgan fingerprint density at radius 2 is 2.15 bits per heavy atom. The first kappa shape index (κ1) is 7.79. The van der Waals surface area contributed by atoms with Crippen molar-refractivity contribution in [3.05, 3.63) is 42.3 Å². The van der Waals surface area contributed by atoms with Crippen LogP contribution >= 0.6 is 0 Å². The second-order valence-corrected chi connectivity index (χ2v) is 2.54. The molecule has 2 aromatic rings. The maximum atomic E-state index is 4.80. The molecule has 0 aliphatic rings. The van der Waals surface area contributed by atoms with Gasteiger partial charge >= 0.3 is 12.4 Å². The molecule has 0 aliphatic heterocycles. The van der Waals surface area contributed by atoms with E-state index < -0.39 is 0 Å². The van der Waals surface area contributed by atoms with Crippen LogP contribution in [0.3, 0.4) is 0 Å². The zero-order chi connectivity index (χ0) is 8.93. The summed E-state index contributed by atoms with van der Waals surface area (Å²) in [6, 6.07) is 10.4. The van der Waals surface area contributed by atoms with Crippen LogP contribution in [0.4, 0.5) is 6.01 Å². The van der Waals surface area contributed by atoms with Crippen LogP contribution in [-0.4, -0.2) is 10.2 Å². The lowest BCUT2D eigenvalue weighted by molar-refractivity contribution is 0.556. The predicted molar refractivity (Wildman–Crippen MR) is 46.9 cm³/mol. The molecule has 0 amide bonds. The van der Waals surface area contributed by atoms with Crippen molar-refractivity contribution < 1.29 is 4.42 Å². The van der Waals surface area contributed by atoms with Crippen molar-refractivity contribution in [1.82, 2.24) is 10.2 Å². The summed E-state index contributed by atoms with van der Waals surface area (Å²) in [4.78, 5) is 0. The monoisotopic (exact) mass is 174 g/mol. The summed E-state index contributed by atoms with van der Waals surface area (Å²) in [5.41, 5.74) is 1.17. The van der Waals surface area contributed by atoms with E-state index in [1.54, 1.807) is 0 Å². The summed E-state index contributed by atoms with van der Waals surface area (Å²) < 4.78 is 4.80. The second kappa shape index (κ2) is 3.71. The van der Waals surface area contributed by atoms with Gasteiger partial charge in [-0.05, 0) is 5.56 Å². The number of rotatable bonds is 3. The molecule has 1 aromatic carbocycles. The SMILES string of the molecule is [c]1nnc(NCc2ccccc2)o1. The van der Waals surface area contributed by atoms with Gasteiger partial charge in [-0.3, -0.25) is 0 Å². The smallest absolute Gasteiger partial charge is 0.316 e. The van der Waals surface area contributed by atoms with Crippen molar-refractivity contribution in [2.75, 3.05) is 5.32 Å². The minimum Gasteiger partial charge on any atom is -0.399 e. The molecule has 0 unspecified atom stereocenters. The van der Waals surface area contributed by atoms with Gasteiger partial charge in [-0.15, -0.1) is 5.10 Å². The summed E-state index contributed by atoms with van der Waals surface area (Å²) in [5, 5.41) is 10.0. The zero-order valence-corrected chi connectivity index (χ0v) is 6.90. The van der Waals surface area contributed by atoms with Crippen LogP contribution in [0.1, 0.15) is 5.56 Å². The van der Waals surface area contributed by atoms with Crippen molar-refractivity contribution in [3.63, 3.8) is 0 Å². The van der Waals surface area contributed by atoms with E-state index in [4.69, 9.17) is 4.42 Å². The Morgan fingerprint density at radius 1 is 1.31 bits per heavy atom. The average molecular weight is 174 g/mol. The van der Waals surface area contributed by atoms with E-state index in [0.717, 1.165) is 0 Å². The lowest BCUT2D eigenvalue weighted by Gasteiger charge is -1.99. The third kappa shape index (κ3) is 2.05. The Kier molecular flexibility index (Phi) is 2.22. The van der Waals surface area contributed by atoms with Gasteiger partial charge in [0, 0.05) is 6.54 Å². The lowest BCUT2D eigenvalue weighted by atomic mass is 10.2. The van der Waals surface area contributed by atoms with E-state index in [1.165, 1.54) is 5.56 Å². The summed E-state index contributed by atoms with van der Waals surface area (Å²) >= 11 is 0. The van der Waals surface area contributed by atoms with Crippen LogP contribution in [0.2, 0.25) is 0 Å². The molecule has 65 valence electrons. The lowest BCUT2D eigenvalue weighted by Crippen LogP contribution is -1.98. The van der Waals surface area contributed by atoms with E-state index in [-0.39, 0.29) is 0 Å². The van der Waals surface area contributed by atoms with E-state index in [2.05, 4.69) is 21.9 Å². The topological polar surface area (TPSA) is 51.0 Å². The largest absolute Gasteiger partial charge is 0.399 e. The molecule has 1 heterocycles. The highest BCUT2D eigenvalue weighted by atomic mass is 16.4. The molecule has 0 aliphatic carbocycles. The molecular weight excluding hydrogens is 166 g/mol. The molecule has 0 atom stereocenters. The Bertz CT molecular complexity index is 344. The number of benzene rings is 1. The van der Waals surface area contributed by atoms with E-state index in [0.29, 0.717) is 12.6 Å². The molecule has 4 heteroatoms. The van der Waals surface area contributed by atoms with Crippen LogP contribution in [-0.2, 0) is 6.54 Å². The summed E-state index contributed by atoms with van der Waals surface area (Å²) in [6.45, 7) is 0.677. The molecule has 1 radical (unpaired) electrons. The number of nitrogens with one attached hydrogen (secondary N) is 1. The molecule has 13 heavy (non-hydrogen) atoms. The van der Waals surface area contributed by atoms with Gasteiger partial charge in [-0.1, -0.05) is 35.4 Å². The molecular formula is C9H8N3O. The first-order valence-corrected chi connectivity index (χ1v) is 3.92. The molecule has 1 N–H and O–H groups in total. The van der Waals surface area contributed by atoms with Gasteiger partial charge in [0.15, 0.2) is 0 Å². The van der Waals surface area contributed by atoms with Gasteiger partial charge in [0.05, 0.1) is 0 Å². The van der Waals surface area contributed by atoms with Gasteiger partial charge in [0.2, 0.25) is 0 Å². The summed E-state index contributed by atoms with van der Waals surface area (Å²) in [5.74, 6) is 0. The Morgan fingerprint density at radius 3 is 2.85 bits per heavy atom. The Balaban J connectivity index is 1.94. The fourth-order valence-electron chi connectivity index (χ4n) is 0.995. The molecule has 0 fully saturated rings. The van der Waals surface area contributed by atoms with Gasteiger partial charge in [0.1, 0.15) is 0 Å². The zero-order valence-electron chi connectivity index (χ0n) is 6.90. The highest BCUT2D eigenvalue weighted by molar-refractivity contribution is 5.22. The third-order valence-electron chi connectivity index (χ3n) is 1.61. The predicted octanol–water partition coefficient (Wildman–Crippen LogP) is 1.48. The van der Waals surface area contributed by atoms with Gasteiger partial charge in [0.25, 0.3) is 0 Å². The highest BCUT2D eigenvalue weighted by Crippen LogP contribution is 2.03. The molecule has 1 aromatic heterocycles. The summed E-state index contributed by atoms with van der Waals surface area (Å²) in [7, 11) is 0. The Labute approximate surface area is 75.6 Å².